The second kappa shape index (κ2) is 13.0. The number of benzene rings is 1. The molecule has 0 amide bonds. The van der Waals surface area contributed by atoms with Crippen LogP contribution in [0, 0.1) is 0 Å². The molecule has 1 aromatic carbocycles. The molecule has 2 N–H and O–H groups in total. The summed E-state index contributed by atoms with van der Waals surface area (Å²) in [6.45, 7) is 14.4. The topological polar surface area (TPSA) is 83.8 Å². The number of esters is 1. The van der Waals surface area contributed by atoms with Crippen LogP contribution in [0.15, 0.2) is 61.2 Å². The minimum Gasteiger partial charge on any atom is -0.478 e. The van der Waals surface area contributed by atoms with Gasteiger partial charge in [-0.15, -0.1) is 0 Å². The molecule has 0 saturated heterocycles. The Balaban J connectivity index is 0. The van der Waals surface area contributed by atoms with Gasteiger partial charge in [0.05, 0.1) is 0 Å². The van der Waals surface area contributed by atoms with Gasteiger partial charge in [0.1, 0.15) is 0 Å². The molecule has 5 nitrogen and oxygen atoms in total. The fourth-order valence-electron chi connectivity index (χ4n) is 0.845. The van der Waals surface area contributed by atoms with Gasteiger partial charge in [-0.2, -0.15) is 0 Å². The first-order valence-corrected chi connectivity index (χ1v) is 6.72. The van der Waals surface area contributed by atoms with Gasteiger partial charge in [-0.25, -0.2) is 9.59 Å². The number of aliphatic hydroxyl groups is 1. The van der Waals surface area contributed by atoms with Crippen molar-refractivity contribution in [3.8, 4) is 0 Å². The molecule has 0 spiro atoms. The van der Waals surface area contributed by atoms with Crippen molar-refractivity contribution < 1.29 is 24.5 Å². The first-order chi connectivity index (χ1) is 10.6. The largest absolute Gasteiger partial charge is 0.478 e. The Labute approximate surface area is 137 Å². The molecule has 0 aliphatic heterocycles. The lowest BCUT2D eigenvalue weighted by Crippen LogP contribution is -2.13. The van der Waals surface area contributed by atoms with E-state index in [4.69, 9.17) is 10.2 Å². The number of carbonyl (C=O) groups excluding carboxylic acids is 1. The predicted molar refractivity (Wildman–Crippen MR) is 91.6 cm³/mol. The lowest BCUT2D eigenvalue weighted by atomic mass is 10.2. The van der Waals surface area contributed by atoms with Crippen LogP contribution < -0.4 is 0 Å². The molecule has 1 unspecified atom stereocenters. The number of ether oxygens (including phenoxy) is 1. The highest BCUT2D eigenvalue weighted by Crippen LogP contribution is 1.97. The monoisotopic (exact) mass is 320 g/mol. The lowest BCUT2D eigenvalue weighted by molar-refractivity contribution is -0.159. The van der Waals surface area contributed by atoms with Crippen LogP contribution in [0.25, 0.3) is 6.08 Å². The van der Waals surface area contributed by atoms with Crippen molar-refractivity contribution in [2.45, 2.75) is 27.1 Å². The fourth-order valence-corrected chi connectivity index (χ4v) is 0.845. The van der Waals surface area contributed by atoms with Gasteiger partial charge in [-0.1, -0.05) is 56.1 Å². The number of aliphatic hydroxyl groups excluding tert-OH is 1. The van der Waals surface area contributed by atoms with E-state index in [1.54, 1.807) is 0 Å². The molecule has 0 aromatic heterocycles. The smallest absolute Gasteiger partial charge is 0.335 e. The number of carbonyl (C=O) groups is 2. The lowest BCUT2D eigenvalue weighted by Gasteiger charge is -2.04. The van der Waals surface area contributed by atoms with Gasteiger partial charge in [-0.3, -0.25) is 0 Å². The van der Waals surface area contributed by atoms with Crippen molar-refractivity contribution in [1.29, 1.82) is 0 Å². The molecule has 0 radical (unpaired) electrons. The Hall–Kier alpha value is -2.66. The molecule has 0 aliphatic rings. The second-order valence-corrected chi connectivity index (χ2v) is 4.49. The maximum Gasteiger partial charge on any atom is 0.335 e. The average molecular weight is 320 g/mol. The summed E-state index contributed by atoms with van der Waals surface area (Å²) in [5, 5.41) is 16.4. The average Bonchev–Trinajstić information content (AvgIpc) is 2.48. The van der Waals surface area contributed by atoms with Crippen LogP contribution in [0.5, 0.6) is 0 Å². The molecule has 1 atom stereocenters. The summed E-state index contributed by atoms with van der Waals surface area (Å²) < 4.78 is 4.33. The third kappa shape index (κ3) is 15.5. The van der Waals surface area contributed by atoms with Gasteiger partial charge >= 0.3 is 11.9 Å². The van der Waals surface area contributed by atoms with E-state index < -0.39 is 18.2 Å². The van der Waals surface area contributed by atoms with E-state index in [-0.39, 0.29) is 11.1 Å². The van der Waals surface area contributed by atoms with Crippen molar-refractivity contribution in [3.63, 3.8) is 0 Å². The Morgan fingerprint density at radius 2 is 1.57 bits per heavy atom. The Bertz CT molecular complexity index is 518. The summed E-state index contributed by atoms with van der Waals surface area (Å²) in [4.78, 5) is 20.1. The Morgan fingerprint density at radius 3 is 1.74 bits per heavy atom. The summed E-state index contributed by atoms with van der Waals surface area (Å²) in [5.74, 6) is -1.50. The van der Waals surface area contributed by atoms with E-state index >= 15 is 0 Å². The van der Waals surface area contributed by atoms with Gasteiger partial charge in [0.2, 0.25) is 0 Å². The van der Waals surface area contributed by atoms with Crippen LogP contribution in [0.1, 0.15) is 26.3 Å². The van der Waals surface area contributed by atoms with Gasteiger partial charge in [0.25, 0.3) is 0 Å². The van der Waals surface area contributed by atoms with Crippen molar-refractivity contribution in [2.24, 2.45) is 0 Å². The third-order valence-corrected chi connectivity index (χ3v) is 2.03. The summed E-state index contributed by atoms with van der Waals surface area (Å²) in [6.07, 6.45) is 0.786. The molecular formula is C18H24O5. The van der Waals surface area contributed by atoms with E-state index in [0.29, 0.717) is 0 Å². The maximum atomic E-state index is 10.5. The Morgan fingerprint density at radius 1 is 1.13 bits per heavy atom. The predicted octanol–water partition coefficient (Wildman–Crippen LogP) is 3.42. The van der Waals surface area contributed by atoms with Crippen molar-refractivity contribution in [3.05, 3.63) is 66.8 Å². The van der Waals surface area contributed by atoms with Crippen LogP contribution in [0.3, 0.4) is 0 Å². The number of hydrogen-bond donors (Lipinski definition) is 2. The first-order valence-electron chi connectivity index (χ1n) is 6.72. The van der Waals surface area contributed by atoms with Gasteiger partial charge < -0.3 is 14.9 Å². The standard InChI is InChI=1S/C8H8.C6H10O3.C4H6O2/c1-2-8-6-4-3-5-7-8;1-4(2)6(8)9-5(3)7;1-3(2)4(5)6/h2-7H,1H2;5,7H,1H2,2-3H3;1H2,2H3,(H,5,6). The number of carboxylic acids is 1. The molecule has 0 bridgehead atoms. The number of carboxylic acid groups (broad SMARTS) is 1. The maximum absolute atomic E-state index is 10.5. The quantitative estimate of drug-likeness (QED) is 0.504. The molecule has 5 heteroatoms. The number of hydrogen-bond acceptors (Lipinski definition) is 4. The summed E-state index contributed by atoms with van der Waals surface area (Å²) in [7, 11) is 0. The molecule has 126 valence electrons. The van der Waals surface area contributed by atoms with Crippen LogP contribution in [-0.4, -0.2) is 28.4 Å². The highest BCUT2D eigenvalue weighted by molar-refractivity contribution is 5.87. The van der Waals surface area contributed by atoms with Crippen LogP contribution >= 0.6 is 0 Å². The van der Waals surface area contributed by atoms with E-state index in [1.165, 1.54) is 26.3 Å². The number of rotatable bonds is 4. The van der Waals surface area contributed by atoms with E-state index in [1.807, 2.05) is 36.4 Å². The van der Waals surface area contributed by atoms with E-state index in [2.05, 4.69) is 24.5 Å². The van der Waals surface area contributed by atoms with E-state index in [9.17, 15) is 9.59 Å². The van der Waals surface area contributed by atoms with Crippen LogP contribution in [0.4, 0.5) is 0 Å². The molecule has 0 saturated carbocycles. The Kier molecular flexibility index (Phi) is 12.8. The minimum absolute atomic E-state index is 0.176. The van der Waals surface area contributed by atoms with Crippen molar-refractivity contribution in [2.75, 3.05) is 0 Å². The zero-order chi connectivity index (χ0) is 18.4. The second-order valence-electron chi connectivity index (χ2n) is 4.49. The molecule has 1 rings (SSSR count). The van der Waals surface area contributed by atoms with Crippen LogP contribution in [0.2, 0.25) is 0 Å². The van der Waals surface area contributed by atoms with Gasteiger partial charge in [0, 0.05) is 11.1 Å². The fraction of sp³-hybridized carbons (Fsp3) is 0.222. The van der Waals surface area contributed by atoms with Gasteiger partial charge in [0.15, 0.2) is 6.29 Å². The summed E-state index contributed by atoms with van der Waals surface area (Å²) in [6, 6.07) is 10.0. The van der Waals surface area contributed by atoms with Crippen molar-refractivity contribution >= 4 is 18.0 Å². The zero-order valence-electron chi connectivity index (χ0n) is 13.8. The van der Waals surface area contributed by atoms with Crippen LogP contribution in [-0.2, 0) is 14.3 Å². The summed E-state index contributed by atoms with van der Waals surface area (Å²) >= 11 is 0. The number of aliphatic carboxylic acids is 1. The highest BCUT2D eigenvalue weighted by Gasteiger charge is 2.04. The van der Waals surface area contributed by atoms with Crippen molar-refractivity contribution in [1.82, 2.24) is 0 Å². The molecule has 0 fully saturated rings. The van der Waals surface area contributed by atoms with Gasteiger partial charge in [-0.05, 0) is 26.3 Å². The molecule has 1 aromatic rings. The minimum atomic E-state index is -1.05. The first kappa shape index (κ1) is 22.6. The SMILES string of the molecule is C=C(C)C(=O)O.C=C(C)C(=O)OC(C)O.C=Cc1ccccc1. The molecule has 0 aliphatic carbocycles. The highest BCUT2D eigenvalue weighted by atomic mass is 16.6. The normalized spacial score (nSPS) is 9.74. The summed E-state index contributed by atoms with van der Waals surface area (Å²) in [5.41, 5.74) is 1.64. The molecule has 0 heterocycles. The zero-order valence-corrected chi connectivity index (χ0v) is 13.8. The molecular weight excluding hydrogens is 296 g/mol. The molecule has 23 heavy (non-hydrogen) atoms. The third-order valence-electron chi connectivity index (χ3n) is 2.03. The van der Waals surface area contributed by atoms with E-state index in [0.717, 1.165) is 0 Å².